The van der Waals surface area contributed by atoms with Gasteiger partial charge in [-0.3, -0.25) is 4.79 Å². The normalized spacial score (nSPS) is 22.7. The SMILES string of the molecule is CN1CCN(C(=O)C2=CC[CH]C=C2)CC1. The summed E-state index contributed by atoms with van der Waals surface area (Å²) in [6, 6.07) is 0. The van der Waals surface area contributed by atoms with Crippen LogP contribution in [0.2, 0.25) is 0 Å². The van der Waals surface area contributed by atoms with Gasteiger partial charge in [0.1, 0.15) is 0 Å². The van der Waals surface area contributed by atoms with Crippen LogP contribution in [0.4, 0.5) is 0 Å². The van der Waals surface area contributed by atoms with Crippen molar-refractivity contribution in [3.05, 3.63) is 30.2 Å². The molecule has 0 saturated carbocycles. The summed E-state index contributed by atoms with van der Waals surface area (Å²) in [6.45, 7) is 3.66. The van der Waals surface area contributed by atoms with E-state index in [9.17, 15) is 4.79 Å². The van der Waals surface area contributed by atoms with Crippen LogP contribution in [-0.2, 0) is 4.79 Å². The number of nitrogens with zero attached hydrogens (tertiary/aromatic N) is 2. The summed E-state index contributed by atoms with van der Waals surface area (Å²) in [6.07, 6.45) is 8.81. The van der Waals surface area contributed by atoms with Crippen LogP contribution in [0.1, 0.15) is 6.42 Å². The van der Waals surface area contributed by atoms with Gasteiger partial charge in [-0.2, -0.15) is 0 Å². The summed E-state index contributed by atoms with van der Waals surface area (Å²) in [5.74, 6) is 0.187. The van der Waals surface area contributed by atoms with E-state index in [4.69, 9.17) is 0 Å². The van der Waals surface area contributed by atoms with Gasteiger partial charge in [-0.15, -0.1) is 0 Å². The first-order valence-electron chi connectivity index (χ1n) is 5.45. The molecule has 0 aromatic heterocycles. The highest BCUT2D eigenvalue weighted by Gasteiger charge is 2.20. The minimum Gasteiger partial charge on any atom is -0.336 e. The smallest absolute Gasteiger partial charge is 0.253 e. The first-order valence-corrected chi connectivity index (χ1v) is 5.45. The third-order valence-corrected chi connectivity index (χ3v) is 2.92. The van der Waals surface area contributed by atoms with Crippen LogP contribution >= 0.6 is 0 Å². The maximum Gasteiger partial charge on any atom is 0.253 e. The van der Waals surface area contributed by atoms with Gasteiger partial charge in [0, 0.05) is 31.8 Å². The van der Waals surface area contributed by atoms with Gasteiger partial charge in [0.2, 0.25) is 0 Å². The monoisotopic (exact) mass is 205 g/mol. The third-order valence-electron chi connectivity index (χ3n) is 2.92. The number of hydrogen-bond donors (Lipinski definition) is 0. The molecule has 1 fully saturated rings. The van der Waals surface area contributed by atoms with Crippen molar-refractivity contribution >= 4 is 5.91 Å². The quantitative estimate of drug-likeness (QED) is 0.633. The molecule has 0 aromatic carbocycles. The predicted molar refractivity (Wildman–Crippen MR) is 60.2 cm³/mol. The fourth-order valence-electron chi connectivity index (χ4n) is 1.86. The first kappa shape index (κ1) is 10.4. The molecule has 1 radical (unpaired) electrons. The van der Waals surface area contributed by atoms with Crippen LogP contribution in [0, 0.1) is 6.42 Å². The van der Waals surface area contributed by atoms with E-state index in [1.54, 1.807) is 0 Å². The third kappa shape index (κ3) is 2.48. The van der Waals surface area contributed by atoms with E-state index in [1.807, 2.05) is 23.1 Å². The van der Waals surface area contributed by atoms with Crippen LogP contribution in [0.15, 0.2) is 23.8 Å². The molecule has 1 aliphatic carbocycles. The Bertz CT molecular complexity index is 299. The van der Waals surface area contributed by atoms with Crippen molar-refractivity contribution in [2.75, 3.05) is 33.2 Å². The van der Waals surface area contributed by atoms with Gasteiger partial charge < -0.3 is 9.80 Å². The number of rotatable bonds is 1. The molecule has 3 nitrogen and oxygen atoms in total. The van der Waals surface area contributed by atoms with Crippen molar-refractivity contribution in [1.82, 2.24) is 9.80 Å². The Hall–Kier alpha value is -1.09. The Labute approximate surface area is 91.0 Å². The summed E-state index contributed by atoms with van der Waals surface area (Å²) >= 11 is 0. The Balaban J connectivity index is 1.96. The molecule has 1 heterocycles. The molecule has 0 unspecified atom stereocenters. The molecule has 1 aliphatic heterocycles. The fourth-order valence-corrected chi connectivity index (χ4v) is 1.86. The minimum absolute atomic E-state index is 0.187. The predicted octanol–water partition coefficient (Wildman–Crippen LogP) is 0.851. The second-order valence-electron chi connectivity index (χ2n) is 4.09. The lowest BCUT2D eigenvalue weighted by molar-refractivity contribution is -0.128. The lowest BCUT2D eigenvalue weighted by Crippen LogP contribution is -2.47. The van der Waals surface area contributed by atoms with Crippen LogP contribution in [-0.4, -0.2) is 48.9 Å². The van der Waals surface area contributed by atoms with Crippen LogP contribution < -0.4 is 0 Å². The molecule has 0 bridgehead atoms. The first-order chi connectivity index (χ1) is 7.27. The van der Waals surface area contributed by atoms with Gasteiger partial charge in [-0.25, -0.2) is 0 Å². The summed E-state index contributed by atoms with van der Waals surface area (Å²) in [5.41, 5.74) is 0.849. The van der Waals surface area contributed by atoms with Gasteiger partial charge >= 0.3 is 0 Å². The second-order valence-corrected chi connectivity index (χ2v) is 4.09. The van der Waals surface area contributed by atoms with E-state index in [-0.39, 0.29) is 5.91 Å². The van der Waals surface area contributed by atoms with E-state index in [0.29, 0.717) is 0 Å². The zero-order valence-corrected chi connectivity index (χ0v) is 9.15. The molecule has 0 aromatic rings. The van der Waals surface area contributed by atoms with Crippen molar-refractivity contribution in [1.29, 1.82) is 0 Å². The van der Waals surface area contributed by atoms with Gasteiger partial charge in [0.15, 0.2) is 0 Å². The zero-order chi connectivity index (χ0) is 10.7. The number of hydrogen-bond acceptors (Lipinski definition) is 2. The molecule has 81 valence electrons. The molecule has 15 heavy (non-hydrogen) atoms. The molecule has 2 rings (SSSR count). The van der Waals surface area contributed by atoms with Gasteiger partial charge in [0.25, 0.3) is 5.91 Å². The number of likely N-dealkylation sites (N-methyl/N-ethyl adjacent to an activating group) is 1. The topological polar surface area (TPSA) is 23.6 Å². The second kappa shape index (κ2) is 4.62. The zero-order valence-electron chi connectivity index (χ0n) is 9.15. The van der Waals surface area contributed by atoms with Crippen LogP contribution in [0.3, 0.4) is 0 Å². The van der Waals surface area contributed by atoms with Crippen LogP contribution in [0.25, 0.3) is 0 Å². The maximum atomic E-state index is 12.0. The van der Waals surface area contributed by atoms with E-state index in [2.05, 4.69) is 18.4 Å². The number of piperazine rings is 1. The molecule has 1 saturated heterocycles. The number of amides is 1. The van der Waals surface area contributed by atoms with Gasteiger partial charge in [0.05, 0.1) is 0 Å². The Kier molecular flexibility index (Phi) is 3.21. The maximum absolute atomic E-state index is 12.0. The highest BCUT2D eigenvalue weighted by Crippen LogP contribution is 2.13. The van der Waals surface area contributed by atoms with Crippen molar-refractivity contribution < 1.29 is 4.79 Å². The van der Waals surface area contributed by atoms with Gasteiger partial charge in [-0.1, -0.05) is 18.2 Å². The highest BCUT2D eigenvalue weighted by molar-refractivity contribution is 5.96. The lowest BCUT2D eigenvalue weighted by Gasteiger charge is -2.32. The molecule has 1 amide bonds. The van der Waals surface area contributed by atoms with E-state index >= 15 is 0 Å². The average Bonchev–Trinajstić information content (AvgIpc) is 2.30. The van der Waals surface area contributed by atoms with Gasteiger partial charge in [-0.05, 0) is 19.9 Å². The van der Waals surface area contributed by atoms with E-state index < -0.39 is 0 Å². The molecular formula is C12H17N2O. The summed E-state index contributed by atoms with van der Waals surface area (Å²) in [7, 11) is 2.09. The summed E-state index contributed by atoms with van der Waals surface area (Å²) in [4.78, 5) is 16.2. The molecule has 0 atom stereocenters. The Morgan fingerprint density at radius 2 is 2.00 bits per heavy atom. The Morgan fingerprint density at radius 3 is 2.60 bits per heavy atom. The van der Waals surface area contributed by atoms with E-state index in [1.165, 1.54) is 0 Å². The lowest BCUT2D eigenvalue weighted by atomic mass is 10.1. The van der Waals surface area contributed by atoms with Crippen molar-refractivity contribution in [2.45, 2.75) is 6.42 Å². The number of carbonyl (C=O) groups is 1. The highest BCUT2D eigenvalue weighted by atomic mass is 16.2. The summed E-state index contributed by atoms with van der Waals surface area (Å²) in [5, 5.41) is 0. The molecule has 0 N–H and O–H groups in total. The number of carbonyl (C=O) groups excluding carboxylic acids is 1. The standard InChI is InChI=1S/C12H17N2O/c1-13-7-9-14(10-8-13)12(15)11-5-3-2-4-6-11/h2-3,5-6H,4,7-10H2,1H3. The van der Waals surface area contributed by atoms with Crippen LogP contribution in [0.5, 0.6) is 0 Å². The number of allylic oxidation sites excluding steroid dienone is 2. The molecular weight excluding hydrogens is 188 g/mol. The average molecular weight is 205 g/mol. The van der Waals surface area contributed by atoms with Crippen molar-refractivity contribution in [3.63, 3.8) is 0 Å². The van der Waals surface area contributed by atoms with E-state index in [0.717, 1.165) is 38.2 Å². The molecule has 0 spiro atoms. The summed E-state index contributed by atoms with van der Waals surface area (Å²) < 4.78 is 0. The van der Waals surface area contributed by atoms with Crippen molar-refractivity contribution in [2.24, 2.45) is 0 Å². The largest absolute Gasteiger partial charge is 0.336 e. The Morgan fingerprint density at radius 1 is 1.27 bits per heavy atom. The fraction of sp³-hybridized carbons (Fsp3) is 0.500. The minimum atomic E-state index is 0.187. The molecule has 2 aliphatic rings. The molecule has 3 heteroatoms. The van der Waals surface area contributed by atoms with Crippen molar-refractivity contribution in [3.8, 4) is 0 Å².